The van der Waals surface area contributed by atoms with Crippen molar-refractivity contribution in [2.75, 3.05) is 5.75 Å². The third-order valence-electron chi connectivity index (χ3n) is 4.88. The molecule has 0 amide bonds. The Morgan fingerprint density at radius 2 is 1.83 bits per heavy atom. The highest BCUT2D eigenvalue weighted by molar-refractivity contribution is 7.99. The Morgan fingerprint density at radius 1 is 1.07 bits per heavy atom. The van der Waals surface area contributed by atoms with Crippen molar-refractivity contribution in [3.63, 3.8) is 0 Å². The lowest BCUT2D eigenvalue weighted by Crippen LogP contribution is -1.95. The van der Waals surface area contributed by atoms with Crippen LogP contribution in [0.1, 0.15) is 36.1 Å². The first-order valence-corrected chi connectivity index (χ1v) is 11.1. The third-order valence-corrected chi connectivity index (χ3v) is 5.95. The first kappa shape index (κ1) is 23.4. The number of hydrogen-bond donors (Lipinski definition) is 0. The van der Waals surface area contributed by atoms with Crippen molar-refractivity contribution in [1.82, 2.24) is 0 Å². The minimum Gasteiger partial charge on any atom is -0.261 e. The number of aliphatic imine (C=N–C) groups is 1. The Bertz CT molecular complexity index is 1020. The second kappa shape index (κ2) is 12.0. The molecule has 0 fully saturated rings. The van der Waals surface area contributed by atoms with Crippen molar-refractivity contribution in [3.8, 4) is 0 Å². The van der Waals surface area contributed by atoms with Crippen LogP contribution in [0.25, 0.3) is 11.6 Å². The van der Waals surface area contributed by atoms with Crippen LogP contribution in [0.4, 0.5) is 0 Å². The Kier molecular flexibility index (Phi) is 9.37. The zero-order chi connectivity index (χ0) is 21.9. The lowest BCUT2D eigenvalue weighted by atomic mass is 9.93. The average molecular weight is 414 g/mol. The number of rotatable bonds is 9. The maximum absolute atomic E-state index is 4.63. The van der Waals surface area contributed by atoms with E-state index in [1.807, 2.05) is 32.2 Å². The Hall–Kier alpha value is -2.84. The van der Waals surface area contributed by atoms with Crippen LogP contribution in [0.5, 0.6) is 0 Å². The molecule has 1 nitrogen and oxygen atoms in total. The van der Waals surface area contributed by atoms with Gasteiger partial charge in [0.2, 0.25) is 0 Å². The standard InChI is InChI=1S/C28H31NS/c1-7-13-23(8-2)20-30-25-16-12-15-24(18-25)19-27(28(9-3)29-10-4)26-17-11-14-21(5)22(26)6/h7-19H,1-2,20H2,3-6H3/b23-13+,27-19-,28-9-,29-10?. The minimum absolute atomic E-state index is 0.868. The van der Waals surface area contributed by atoms with Crippen molar-refractivity contribution in [1.29, 1.82) is 0 Å². The second-order valence-corrected chi connectivity index (χ2v) is 7.96. The predicted octanol–water partition coefficient (Wildman–Crippen LogP) is 8.23. The number of hydrogen-bond acceptors (Lipinski definition) is 2. The summed E-state index contributed by atoms with van der Waals surface area (Å²) >= 11 is 1.80. The molecule has 0 bridgehead atoms. The fourth-order valence-electron chi connectivity index (χ4n) is 3.13. The molecule has 0 radical (unpaired) electrons. The molecular weight excluding hydrogens is 382 g/mol. The summed E-state index contributed by atoms with van der Waals surface area (Å²) in [6.45, 7) is 16.0. The van der Waals surface area contributed by atoms with Gasteiger partial charge in [0.15, 0.2) is 0 Å². The van der Waals surface area contributed by atoms with Gasteiger partial charge in [0.05, 0.1) is 5.70 Å². The molecular formula is C28H31NS. The van der Waals surface area contributed by atoms with Crippen LogP contribution < -0.4 is 0 Å². The first-order valence-electron chi connectivity index (χ1n) is 10.1. The third kappa shape index (κ3) is 6.33. The summed E-state index contributed by atoms with van der Waals surface area (Å²) in [4.78, 5) is 5.86. The number of aryl methyl sites for hydroxylation is 1. The maximum atomic E-state index is 4.63. The molecule has 2 rings (SSSR count). The second-order valence-electron chi connectivity index (χ2n) is 6.91. The van der Waals surface area contributed by atoms with E-state index in [0.29, 0.717) is 0 Å². The molecule has 0 aliphatic heterocycles. The van der Waals surface area contributed by atoms with Gasteiger partial charge < -0.3 is 0 Å². The lowest BCUT2D eigenvalue weighted by molar-refractivity contribution is 1.30. The quantitative estimate of drug-likeness (QED) is 0.174. The minimum atomic E-state index is 0.868. The number of benzene rings is 2. The summed E-state index contributed by atoms with van der Waals surface area (Å²) in [5, 5.41) is 0. The van der Waals surface area contributed by atoms with Gasteiger partial charge in [-0.05, 0) is 73.7 Å². The Balaban J connectivity index is 2.48. The van der Waals surface area contributed by atoms with Gasteiger partial charge in [0.25, 0.3) is 0 Å². The van der Waals surface area contributed by atoms with Gasteiger partial charge in [-0.25, -0.2) is 0 Å². The van der Waals surface area contributed by atoms with E-state index in [4.69, 9.17) is 0 Å². The molecule has 0 saturated heterocycles. The van der Waals surface area contributed by atoms with Crippen molar-refractivity contribution in [2.45, 2.75) is 32.6 Å². The molecule has 0 saturated carbocycles. The van der Waals surface area contributed by atoms with E-state index in [0.717, 1.165) is 22.6 Å². The van der Waals surface area contributed by atoms with E-state index >= 15 is 0 Å². The van der Waals surface area contributed by atoms with Gasteiger partial charge in [0.1, 0.15) is 0 Å². The van der Waals surface area contributed by atoms with Crippen LogP contribution in [0.2, 0.25) is 0 Å². The molecule has 154 valence electrons. The molecule has 2 aromatic rings. The van der Waals surface area contributed by atoms with Gasteiger partial charge in [-0.2, -0.15) is 0 Å². The summed E-state index contributed by atoms with van der Waals surface area (Å²) in [6, 6.07) is 15.1. The molecule has 30 heavy (non-hydrogen) atoms. The Labute approximate surface area is 186 Å². The largest absolute Gasteiger partial charge is 0.261 e. The van der Waals surface area contributed by atoms with Gasteiger partial charge >= 0.3 is 0 Å². The van der Waals surface area contributed by atoms with Crippen molar-refractivity contribution < 1.29 is 0 Å². The van der Waals surface area contributed by atoms with E-state index in [1.54, 1.807) is 17.8 Å². The summed E-state index contributed by atoms with van der Waals surface area (Å²) in [5.41, 5.74) is 8.23. The maximum Gasteiger partial charge on any atom is 0.0661 e. The van der Waals surface area contributed by atoms with E-state index in [2.05, 4.69) is 86.6 Å². The summed E-state index contributed by atoms with van der Waals surface area (Å²) < 4.78 is 0. The normalized spacial score (nSPS) is 13.0. The lowest BCUT2D eigenvalue weighted by Gasteiger charge is -2.14. The zero-order valence-electron chi connectivity index (χ0n) is 18.5. The highest BCUT2D eigenvalue weighted by atomic mass is 32.2. The van der Waals surface area contributed by atoms with Crippen molar-refractivity contribution >= 4 is 29.6 Å². The fraction of sp³-hybridized carbons (Fsp3) is 0.179. The van der Waals surface area contributed by atoms with Crippen LogP contribution >= 0.6 is 11.8 Å². The number of allylic oxidation sites excluding steroid dienone is 5. The highest BCUT2D eigenvalue weighted by Crippen LogP contribution is 2.31. The van der Waals surface area contributed by atoms with Crippen molar-refractivity contribution in [2.24, 2.45) is 4.99 Å². The molecule has 0 unspecified atom stereocenters. The summed E-state index contributed by atoms with van der Waals surface area (Å²) in [7, 11) is 0. The zero-order valence-corrected chi connectivity index (χ0v) is 19.3. The smallest absolute Gasteiger partial charge is 0.0661 e. The van der Waals surface area contributed by atoms with Gasteiger partial charge in [-0.1, -0.05) is 67.8 Å². The van der Waals surface area contributed by atoms with E-state index in [1.165, 1.54) is 27.2 Å². The van der Waals surface area contributed by atoms with Gasteiger partial charge in [-0.15, -0.1) is 11.8 Å². The van der Waals surface area contributed by atoms with Gasteiger partial charge in [0, 0.05) is 22.4 Å². The van der Waals surface area contributed by atoms with Gasteiger partial charge in [-0.3, -0.25) is 4.99 Å². The number of thioether (sulfide) groups is 1. The van der Waals surface area contributed by atoms with Crippen LogP contribution in [-0.4, -0.2) is 12.0 Å². The molecule has 0 aliphatic rings. The van der Waals surface area contributed by atoms with Crippen LogP contribution in [0.3, 0.4) is 0 Å². The molecule has 0 aliphatic carbocycles. The van der Waals surface area contributed by atoms with Crippen molar-refractivity contribution in [3.05, 3.63) is 113 Å². The molecule has 0 N–H and O–H groups in total. The van der Waals surface area contributed by atoms with Crippen LogP contribution in [0.15, 0.2) is 101 Å². The summed E-state index contributed by atoms with van der Waals surface area (Å²) in [6.07, 6.45) is 11.9. The predicted molar refractivity (Wildman–Crippen MR) is 137 cm³/mol. The van der Waals surface area contributed by atoms with Crippen LogP contribution in [-0.2, 0) is 0 Å². The summed E-state index contributed by atoms with van der Waals surface area (Å²) in [5.74, 6) is 0.868. The fourth-order valence-corrected chi connectivity index (χ4v) is 4.07. The van der Waals surface area contributed by atoms with E-state index in [-0.39, 0.29) is 0 Å². The van der Waals surface area contributed by atoms with Crippen LogP contribution in [0, 0.1) is 13.8 Å². The monoisotopic (exact) mass is 413 g/mol. The van der Waals surface area contributed by atoms with E-state index < -0.39 is 0 Å². The first-order chi connectivity index (χ1) is 14.5. The Morgan fingerprint density at radius 3 is 2.50 bits per heavy atom. The highest BCUT2D eigenvalue weighted by Gasteiger charge is 2.11. The topological polar surface area (TPSA) is 12.4 Å². The molecule has 0 heterocycles. The molecule has 0 atom stereocenters. The molecule has 0 aromatic heterocycles. The van der Waals surface area contributed by atoms with E-state index in [9.17, 15) is 0 Å². The molecule has 2 heteroatoms. The SMILES string of the molecule is C=C/C=C(\C=C)CSc1cccc(/C=C(\C(=C\C)N=CC)c2cccc(C)c2C)c1. The molecule has 0 spiro atoms. The molecule has 2 aromatic carbocycles. The number of nitrogens with zero attached hydrogens (tertiary/aromatic N) is 1. The average Bonchev–Trinajstić information content (AvgIpc) is 2.76.